The van der Waals surface area contributed by atoms with Gasteiger partial charge < -0.3 is 18.9 Å². The first kappa shape index (κ1) is 16.4. The van der Waals surface area contributed by atoms with Gasteiger partial charge in [-0.1, -0.05) is 18.7 Å². The summed E-state index contributed by atoms with van der Waals surface area (Å²) in [6.45, 7) is 3.36. The van der Waals surface area contributed by atoms with Gasteiger partial charge in [-0.15, -0.1) is 0 Å². The molecule has 5 heteroatoms. The molecule has 0 spiro atoms. The fourth-order valence-corrected chi connectivity index (χ4v) is 2.19. The Kier molecular flexibility index (Phi) is 5.25. The highest BCUT2D eigenvalue weighted by molar-refractivity contribution is 5.83. The molecule has 120 valence electrons. The minimum atomic E-state index is -0.499. The normalized spacial score (nSPS) is 9.87. The quantitative estimate of drug-likeness (QED) is 0.464. The third-order valence-electron chi connectivity index (χ3n) is 3.25. The van der Waals surface area contributed by atoms with Crippen LogP contribution in [0.3, 0.4) is 0 Å². The second-order valence-corrected chi connectivity index (χ2v) is 4.53. The summed E-state index contributed by atoms with van der Waals surface area (Å²) in [4.78, 5) is 11.2. The van der Waals surface area contributed by atoms with Gasteiger partial charge in [-0.2, -0.15) is 0 Å². The highest BCUT2D eigenvalue weighted by Crippen LogP contribution is 2.44. The maximum absolute atomic E-state index is 11.2. The van der Waals surface area contributed by atoms with Crippen molar-refractivity contribution in [1.82, 2.24) is 0 Å². The lowest BCUT2D eigenvalue weighted by molar-refractivity contribution is -0.128. The summed E-state index contributed by atoms with van der Waals surface area (Å²) in [5.41, 5.74) is 1.73. The van der Waals surface area contributed by atoms with Crippen LogP contribution >= 0.6 is 0 Å². The minimum absolute atomic E-state index is 0.443. The van der Waals surface area contributed by atoms with Crippen LogP contribution < -0.4 is 18.9 Å². The first-order valence-electron chi connectivity index (χ1n) is 6.88. The van der Waals surface area contributed by atoms with E-state index >= 15 is 0 Å². The lowest BCUT2D eigenvalue weighted by Crippen LogP contribution is -2.02. The van der Waals surface area contributed by atoms with E-state index in [1.165, 1.54) is 0 Å². The molecule has 0 aliphatic heterocycles. The van der Waals surface area contributed by atoms with Crippen molar-refractivity contribution in [2.45, 2.75) is 0 Å². The smallest absolute Gasteiger partial charge is 0.335 e. The summed E-state index contributed by atoms with van der Waals surface area (Å²) in [5.74, 6) is 1.63. The molecule has 0 unspecified atom stereocenters. The molecule has 23 heavy (non-hydrogen) atoms. The van der Waals surface area contributed by atoms with Crippen molar-refractivity contribution in [1.29, 1.82) is 0 Å². The Morgan fingerprint density at radius 2 is 1.57 bits per heavy atom. The van der Waals surface area contributed by atoms with Crippen molar-refractivity contribution < 1.29 is 23.7 Å². The fraction of sp³-hybridized carbons (Fsp3) is 0.167. The van der Waals surface area contributed by atoms with E-state index in [9.17, 15) is 4.79 Å². The Balaban J connectivity index is 2.42. The van der Waals surface area contributed by atoms with Gasteiger partial charge in [0, 0.05) is 11.6 Å². The largest absolute Gasteiger partial charge is 0.493 e. The molecule has 0 saturated heterocycles. The third-order valence-corrected chi connectivity index (χ3v) is 3.25. The summed E-state index contributed by atoms with van der Waals surface area (Å²) < 4.78 is 21.2. The van der Waals surface area contributed by atoms with Crippen LogP contribution in [0.5, 0.6) is 23.0 Å². The van der Waals surface area contributed by atoms with Crippen LogP contribution in [-0.2, 0) is 4.79 Å². The summed E-state index contributed by atoms with van der Waals surface area (Å²) in [7, 11) is 4.70. The van der Waals surface area contributed by atoms with Crippen molar-refractivity contribution in [3.8, 4) is 34.1 Å². The zero-order valence-electron chi connectivity index (χ0n) is 13.3. The second-order valence-electron chi connectivity index (χ2n) is 4.53. The number of ether oxygens (including phenoxy) is 4. The maximum Gasteiger partial charge on any atom is 0.335 e. The van der Waals surface area contributed by atoms with Crippen molar-refractivity contribution in [2.24, 2.45) is 0 Å². The average Bonchev–Trinajstić information content (AvgIpc) is 2.60. The first-order valence-corrected chi connectivity index (χ1v) is 6.88. The molecular formula is C18H18O5. The molecule has 0 aromatic heterocycles. The van der Waals surface area contributed by atoms with E-state index < -0.39 is 5.97 Å². The van der Waals surface area contributed by atoms with Crippen LogP contribution in [0.1, 0.15) is 0 Å². The lowest BCUT2D eigenvalue weighted by atomic mass is 10.0. The van der Waals surface area contributed by atoms with Gasteiger partial charge in [-0.25, -0.2) is 4.79 Å². The van der Waals surface area contributed by atoms with E-state index in [0.717, 1.165) is 17.2 Å². The van der Waals surface area contributed by atoms with E-state index in [2.05, 4.69) is 6.58 Å². The minimum Gasteiger partial charge on any atom is -0.493 e. The van der Waals surface area contributed by atoms with Gasteiger partial charge in [0.25, 0.3) is 0 Å². The van der Waals surface area contributed by atoms with Crippen LogP contribution in [0.25, 0.3) is 11.1 Å². The maximum atomic E-state index is 11.2. The Morgan fingerprint density at radius 3 is 2.09 bits per heavy atom. The molecule has 0 saturated carbocycles. The number of hydrogen-bond donors (Lipinski definition) is 0. The molecule has 5 nitrogen and oxygen atoms in total. The predicted molar refractivity (Wildman–Crippen MR) is 87.4 cm³/mol. The Morgan fingerprint density at radius 1 is 0.913 bits per heavy atom. The molecule has 2 aromatic rings. The Bertz CT molecular complexity index is 704. The van der Waals surface area contributed by atoms with Crippen LogP contribution in [0.4, 0.5) is 0 Å². The molecule has 0 heterocycles. The van der Waals surface area contributed by atoms with Gasteiger partial charge in [0.05, 0.1) is 21.3 Å². The SMILES string of the molecule is C=CC(=O)Oc1ccc(-c2ccc(OC)c(OC)c2OC)cc1. The summed E-state index contributed by atoms with van der Waals surface area (Å²) in [5, 5.41) is 0. The van der Waals surface area contributed by atoms with Crippen molar-refractivity contribution in [3.05, 3.63) is 49.1 Å². The van der Waals surface area contributed by atoms with E-state index in [-0.39, 0.29) is 0 Å². The molecule has 2 rings (SSSR count). The molecule has 0 atom stereocenters. The lowest BCUT2D eigenvalue weighted by Gasteiger charge is -2.16. The topological polar surface area (TPSA) is 54.0 Å². The zero-order chi connectivity index (χ0) is 16.8. The van der Waals surface area contributed by atoms with Gasteiger partial charge >= 0.3 is 5.97 Å². The van der Waals surface area contributed by atoms with Crippen LogP contribution in [0.2, 0.25) is 0 Å². The van der Waals surface area contributed by atoms with E-state index in [4.69, 9.17) is 18.9 Å². The van der Waals surface area contributed by atoms with Gasteiger partial charge in [0.2, 0.25) is 5.75 Å². The summed E-state index contributed by atoms with van der Waals surface area (Å²) in [6.07, 6.45) is 1.12. The number of hydrogen-bond acceptors (Lipinski definition) is 5. The Labute approximate surface area is 135 Å². The predicted octanol–water partition coefficient (Wildman–Crippen LogP) is 3.47. The Hall–Kier alpha value is -2.95. The number of carbonyl (C=O) groups excluding carboxylic acids is 1. The van der Waals surface area contributed by atoms with Crippen LogP contribution in [0, 0.1) is 0 Å². The number of methoxy groups -OCH3 is 3. The van der Waals surface area contributed by atoms with E-state index in [1.54, 1.807) is 33.5 Å². The van der Waals surface area contributed by atoms with E-state index in [0.29, 0.717) is 23.0 Å². The number of rotatable bonds is 6. The molecular weight excluding hydrogens is 296 g/mol. The first-order chi connectivity index (χ1) is 11.1. The van der Waals surface area contributed by atoms with Crippen LogP contribution in [0.15, 0.2) is 49.1 Å². The fourth-order valence-electron chi connectivity index (χ4n) is 2.19. The van der Waals surface area contributed by atoms with Crippen molar-refractivity contribution in [2.75, 3.05) is 21.3 Å². The number of esters is 1. The molecule has 0 aliphatic carbocycles. The molecule has 0 bridgehead atoms. The summed E-state index contributed by atoms with van der Waals surface area (Å²) in [6, 6.07) is 10.7. The number of carbonyl (C=O) groups is 1. The molecule has 0 N–H and O–H groups in total. The third kappa shape index (κ3) is 3.45. The second kappa shape index (κ2) is 7.35. The highest BCUT2D eigenvalue weighted by atomic mass is 16.5. The van der Waals surface area contributed by atoms with Gasteiger partial charge in [-0.3, -0.25) is 0 Å². The standard InChI is InChI=1S/C18H18O5/c1-5-16(19)23-13-8-6-12(7-9-13)14-10-11-15(20-2)18(22-4)17(14)21-3/h5-11H,1H2,2-4H3. The van der Waals surface area contributed by atoms with Gasteiger partial charge in [-0.05, 0) is 29.8 Å². The van der Waals surface area contributed by atoms with Crippen molar-refractivity contribution >= 4 is 5.97 Å². The van der Waals surface area contributed by atoms with E-state index in [1.807, 2.05) is 24.3 Å². The molecule has 2 aromatic carbocycles. The zero-order valence-corrected chi connectivity index (χ0v) is 13.3. The average molecular weight is 314 g/mol. The highest BCUT2D eigenvalue weighted by Gasteiger charge is 2.17. The van der Waals surface area contributed by atoms with Crippen LogP contribution in [-0.4, -0.2) is 27.3 Å². The van der Waals surface area contributed by atoms with Gasteiger partial charge in [0.1, 0.15) is 5.75 Å². The van der Waals surface area contributed by atoms with Crippen molar-refractivity contribution in [3.63, 3.8) is 0 Å². The molecule has 0 fully saturated rings. The van der Waals surface area contributed by atoms with Gasteiger partial charge in [0.15, 0.2) is 11.5 Å². The molecule has 0 amide bonds. The monoisotopic (exact) mass is 314 g/mol. The molecule has 0 aliphatic rings. The molecule has 0 radical (unpaired) electrons. The summed E-state index contributed by atoms with van der Waals surface area (Å²) >= 11 is 0. The number of benzene rings is 2.